The fraction of sp³-hybridized carbons (Fsp3) is 0.417. The number of ether oxygens (including phenoxy) is 1. The third-order valence-corrected chi connectivity index (χ3v) is 3.35. The molecule has 1 saturated heterocycles. The molecule has 0 aliphatic carbocycles. The Hall–Kier alpha value is -1.24. The molecule has 0 radical (unpaired) electrons. The van der Waals surface area contributed by atoms with Gasteiger partial charge in [0.15, 0.2) is 0 Å². The van der Waals surface area contributed by atoms with Crippen molar-refractivity contribution in [3.05, 3.63) is 33.8 Å². The van der Waals surface area contributed by atoms with Gasteiger partial charge < -0.3 is 9.64 Å². The van der Waals surface area contributed by atoms with Crippen molar-refractivity contribution in [1.82, 2.24) is 4.90 Å². The second-order valence-electron chi connectivity index (χ2n) is 4.18. The Kier molecular flexibility index (Phi) is 3.75. The van der Waals surface area contributed by atoms with Crippen LogP contribution in [0.15, 0.2) is 22.7 Å². The van der Waals surface area contributed by atoms with E-state index in [1.54, 1.807) is 6.92 Å². The molecule has 1 aliphatic heterocycles. The van der Waals surface area contributed by atoms with Crippen LogP contribution in [0.5, 0.6) is 0 Å². The minimum Gasteiger partial charge on any atom is -0.439 e. The van der Waals surface area contributed by atoms with E-state index in [-0.39, 0.29) is 6.54 Å². The lowest BCUT2D eigenvalue weighted by molar-refractivity contribution is -0.137. The van der Waals surface area contributed by atoms with E-state index >= 15 is 0 Å². The summed E-state index contributed by atoms with van der Waals surface area (Å²) in [5.74, 6) is 0. The van der Waals surface area contributed by atoms with Gasteiger partial charge in [0.25, 0.3) is 0 Å². The minimum atomic E-state index is -4.43. The molecule has 7 heteroatoms. The number of alkyl halides is 3. The van der Waals surface area contributed by atoms with E-state index < -0.39 is 23.9 Å². The predicted molar refractivity (Wildman–Crippen MR) is 65.6 cm³/mol. The van der Waals surface area contributed by atoms with Gasteiger partial charge in [-0.05, 0) is 30.7 Å². The number of hydrogen-bond donors (Lipinski definition) is 0. The molecule has 0 spiro atoms. The van der Waals surface area contributed by atoms with E-state index in [1.807, 2.05) is 0 Å². The number of nitrogens with zero attached hydrogens (tertiary/aromatic N) is 1. The number of likely N-dealkylation sites (N-methyl/N-ethyl adjacent to an activating group) is 1. The van der Waals surface area contributed by atoms with Crippen LogP contribution in [-0.2, 0) is 10.9 Å². The molecule has 1 atom stereocenters. The molecule has 1 aliphatic rings. The Balaban J connectivity index is 2.31. The zero-order valence-corrected chi connectivity index (χ0v) is 11.6. The lowest BCUT2D eigenvalue weighted by Gasteiger charge is -2.13. The van der Waals surface area contributed by atoms with E-state index in [2.05, 4.69) is 15.9 Å². The van der Waals surface area contributed by atoms with Crippen molar-refractivity contribution in [2.24, 2.45) is 0 Å². The van der Waals surface area contributed by atoms with Gasteiger partial charge in [0.1, 0.15) is 6.10 Å². The Bertz CT molecular complexity index is 504. The van der Waals surface area contributed by atoms with Crippen molar-refractivity contribution in [1.29, 1.82) is 0 Å². The maximum absolute atomic E-state index is 12.7. The van der Waals surface area contributed by atoms with Gasteiger partial charge in [0, 0.05) is 11.0 Å². The number of benzene rings is 1. The minimum absolute atomic E-state index is 0.267. The third kappa shape index (κ3) is 3.02. The molecule has 1 aromatic rings. The first-order chi connectivity index (χ1) is 8.81. The smallest absolute Gasteiger partial charge is 0.416 e. The highest BCUT2D eigenvalue weighted by Gasteiger charge is 2.35. The van der Waals surface area contributed by atoms with Crippen LogP contribution >= 0.6 is 15.9 Å². The Labute approximate surface area is 116 Å². The van der Waals surface area contributed by atoms with E-state index in [4.69, 9.17) is 4.74 Å². The van der Waals surface area contributed by atoms with E-state index in [9.17, 15) is 18.0 Å². The quantitative estimate of drug-likeness (QED) is 0.816. The maximum Gasteiger partial charge on any atom is 0.416 e. The van der Waals surface area contributed by atoms with E-state index in [1.165, 1.54) is 11.0 Å². The summed E-state index contributed by atoms with van der Waals surface area (Å²) in [5, 5.41) is 0. The standard InChI is InChI=1S/C12H11BrF3NO2/c1-2-17-6-10(19-11(17)18)7-3-8(12(14,15)16)5-9(13)4-7/h3-5,10H,2,6H2,1H3. The fourth-order valence-electron chi connectivity index (χ4n) is 1.90. The summed E-state index contributed by atoms with van der Waals surface area (Å²) in [4.78, 5) is 12.9. The van der Waals surface area contributed by atoms with Crippen LogP contribution in [0.1, 0.15) is 24.2 Å². The maximum atomic E-state index is 12.7. The molecule has 104 valence electrons. The number of amides is 1. The van der Waals surface area contributed by atoms with Gasteiger partial charge in [0.2, 0.25) is 0 Å². The van der Waals surface area contributed by atoms with Gasteiger partial charge in [-0.1, -0.05) is 15.9 Å². The number of rotatable bonds is 2. The summed E-state index contributed by atoms with van der Waals surface area (Å²) in [7, 11) is 0. The van der Waals surface area contributed by atoms with Crippen LogP contribution < -0.4 is 0 Å². The molecule has 1 amide bonds. The summed E-state index contributed by atoms with van der Waals surface area (Å²) < 4.78 is 43.5. The summed E-state index contributed by atoms with van der Waals surface area (Å²) in [6.07, 6.45) is -5.59. The van der Waals surface area contributed by atoms with Crippen LogP contribution in [0.4, 0.5) is 18.0 Å². The molecule has 1 unspecified atom stereocenters. The molecule has 0 saturated carbocycles. The molecule has 0 aromatic heterocycles. The summed E-state index contributed by atoms with van der Waals surface area (Å²) in [6.45, 7) is 2.52. The topological polar surface area (TPSA) is 29.5 Å². The molecule has 0 N–H and O–H groups in total. The molecule has 3 nitrogen and oxygen atoms in total. The average Bonchev–Trinajstić information content (AvgIpc) is 2.68. The Morgan fingerprint density at radius 1 is 1.42 bits per heavy atom. The van der Waals surface area contributed by atoms with Crippen LogP contribution in [0.25, 0.3) is 0 Å². The van der Waals surface area contributed by atoms with Crippen molar-refractivity contribution in [3.63, 3.8) is 0 Å². The predicted octanol–water partition coefficient (Wildman–Crippen LogP) is 3.98. The van der Waals surface area contributed by atoms with Gasteiger partial charge in [-0.3, -0.25) is 0 Å². The number of hydrogen-bond acceptors (Lipinski definition) is 2. The molecule has 1 heterocycles. The molecule has 0 bridgehead atoms. The lowest BCUT2D eigenvalue weighted by Crippen LogP contribution is -2.23. The zero-order valence-electron chi connectivity index (χ0n) is 10.00. The average molecular weight is 338 g/mol. The van der Waals surface area contributed by atoms with Gasteiger partial charge in [-0.15, -0.1) is 0 Å². The van der Waals surface area contributed by atoms with Crippen LogP contribution in [0.3, 0.4) is 0 Å². The number of cyclic esters (lactones) is 1. The molecule has 1 aromatic carbocycles. The molecule has 2 rings (SSSR count). The highest BCUT2D eigenvalue weighted by molar-refractivity contribution is 9.10. The van der Waals surface area contributed by atoms with Gasteiger partial charge in [-0.2, -0.15) is 13.2 Å². The lowest BCUT2D eigenvalue weighted by atomic mass is 10.1. The van der Waals surface area contributed by atoms with Gasteiger partial charge in [0.05, 0.1) is 12.1 Å². The van der Waals surface area contributed by atoms with Crippen LogP contribution in [-0.4, -0.2) is 24.1 Å². The van der Waals surface area contributed by atoms with Crippen molar-refractivity contribution in [2.45, 2.75) is 19.2 Å². The van der Waals surface area contributed by atoms with Gasteiger partial charge in [-0.25, -0.2) is 4.79 Å². The third-order valence-electron chi connectivity index (χ3n) is 2.89. The van der Waals surface area contributed by atoms with Gasteiger partial charge >= 0.3 is 12.3 Å². The highest BCUT2D eigenvalue weighted by Crippen LogP contribution is 2.35. The largest absolute Gasteiger partial charge is 0.439 e. The molecule has 1 fully saturated rings. The first kappa shape index (κ1) is 14.2. The number of halogens is 4. The van der Waals surface area contributed by atoms with E-state index in [0.29, 0.717) is 16.6 Å². The summed E-state index contributed by atoms with van der Waals surface area (Å²) in [5.41, 5.74) is -0.422. The van der Waals surface area contributed by atoms with Crippen molar-refractivity contribution in [2.75, 3.05) is 13.1 Å². The first-order valence-electron chi connectivity index (χ1n) is 5.64. The molecular weight excluding hydrogens is 327 g/mol. The second-order valence-corrected chi connectivity index (χ2v) is 5.10. The van der Waals surface area contributed by atoms with Crippen molar-refractivity contribution >= 4 is 22.0 Å². The van der Waals surface area contributed by atoms with Crippen LogP contribution in [0, 0.1) is 0 Å². The highest BCUT2D eigenvalue weighted by atomic mass is 79.9. The number of carbonyl (C=O) groups excluding carboxylic acids is 1. The summed E-state index contributed by atoms with van der Waals surface area (Å²) >= 11 is 3.05. The fourth-order valence-corrected chi connectivity index (χ4v) is 2.41. The monoisotopic (exact) mass is 337 g/mol. The second kappa shape index (κ2) is 5.03. The summed E-state index contributed by atoms with van der Waals surface area (Å²) in [6, 6.07) is 3.55. The van der Waals surface area contributed by atoms with E-state index in [0.717, 1.165) is 12.1 Å². The molecule has 19 heavy (non-hydrogen) atoms. The Morgan fingerprint density at radius 2 is 2.11 bits per heavy atom. The molecular formula is C12H11BrF3NO2. The Morgan fingerprint density at radius 3 is 2.63 bits per heavy atom. The normalized spacial score (nSPS) is 19.7. The number of carbonyl (C=O) groups is 1. The zero-order chi connectivity index (χ0) is 14.2. The van der Waals surface area contributed by atoms with Crippen LogP contribution in [0.2, 0.25) is 0 Å². The van der Waals surface area contributed by atoms with Crippen molar-refractivity contribution in [3.8, 4) is 0 Å². The van der Waals surface area contributed by atoms with Crippen molar-refractivity contribution < 1.29 is 22.7 Å². The first-order valence-corrected chi connectivity index (χ1v) is 6.44. The SMILES string of the molecule is CCN1CC(c2cc(Br)cc(C(F)(F)F)c2)OC1=O.